The summed E-state index contributed by atoms with van der Waals surface area (Å²) in [6.45, 7) is 15.2. The van der Waals surface area contributed by atoms with Gasteiger partial charge in [-0.2, -0.15) is 0 Å². The van der Waals surface area contributed by atoms with Crippen molar-refractivity contribution in [1.29, 1.82) is 0 Å². The van der Waals surface area contributed by atoms with Crippen LogP contribution in [-0.4, -0.2) is 50.1 Å². The molecule has 0 spiro atoms. The summed E-state index contributed by atoms with van der Waals surface area (Å²) in [6.07, 6.45) is 1.99. The topological polar surface area (TPSA) is 44.4 Å². The minimum Gasteiger partial charge on any atom is -0.339 e. The predicted octanol–water partition coefficient (Wildman–Crippen LogP) is 1.39. The molecule has 0 bridgehead atoms. The molecule has 0 radical (unpaired) electrons. The Bertz CT molecular complexity index is 229. The fourth-order valence-corrected chi connectivity index (χ4v) is 1.73. The molecule has 0 aromatic carbocycles. The van der Waals surface area contributed by atoms with Crippen LogP contribution in [-0.2, 0) is 4.79 Å². The fourth-order valence-electron chi connectivity index (χ4n) is 1.73. The van der Waals surface area contributed by atoms with E-state index in [0.29, 0.717) is 5.57 Å². The number of amides is 1. The van der Waals surface area contributed by atoms with Crippen LogP contribution in [0.2, 0.25) is 0 Å². The molecular formula is C14H29N3O. The van der Waals surface area contributed by atoms with Gasteiger partial charge in [-0.05, 0) is 45.9 Å². The Morgan fingerprint density at radius 1 is 1.06 bits per heavy atom. The zero-order valence-electron chi connectivity index (χ0n) is 12.2. The zero-order chi connectivity index (χ0) is 13.8. The van der Waals surface area contributed by atoms with E-state index in [0.717, 1.165) is 52.1 Å². The highest BCUT2D eigenvalue weighted by Crippen LogP contribution is 2.01. The molecule has 0 atom stereocenters. The van der Waals surface area contributed by atoms with Crippen LogP contribution >= 0.6 is 0 Å². The van der Waals surface area contributed by atoms with Gasteiger partial charge in [0.25, 0.3) is 0 Å². The number of nitrogens with zero attached hydrogens (tertiary/aromatic N) is 1. The summed E-state index contributed by atoms with van der Waals surface area (Å²) in [4.78, 5) is 13.9. The standard InChI is InChI=1S/C14H29N3O/c1-5-15-9-7-11-17(14(18)13(3)4)12-8-10-16-6-2/h15-16H,3,5-12H2,1-2,4H3. The predicted molar refractivity (Wildman–Crippen MR) is 77.7 cm³/mol. The maximum Gasteiger partial charge on any atom is 0.248 e. The summed E-state index contributed by atoms with van der Waals surface area (Å²) in [6, 6.07) is 0. The average Bonchev–Trinajstić information content (AvgIpc) is 2.36. The van der Waals surface area contributed by atoms with E-state index in [-0.39, 0.29) is 5.91 Å². The molecule has 0 aliphatic rings. The summed E-state index contributed by atoms with van der Waals surface area (Å²) < 4.78 is 0. The summed E-state index contributed by atoms with van der Waals surface area (Å²) in [5.74, 6) is 0.0861. The summed E-state index contributed by atoms with van der Waals surface area (Å²) in [5.41, 5.74) is 0.627. The molecule has 0 unspecified atom stereocenters. The Kier molecular flexibility index (Phi) is 10.7. The lowest BCUT2D eigenvalue weighted by Crippen LogP contribution is -2.35. The third kappa shape index (κ3) is 8.25. The van der Waals surface area contributed by atoms with Gasteiger partial charge in [-0.15, -0.1) is 0 Å². The van der Waals surface area contributed by atoms with Gasteiger partial charge in [-0.25, -0.2) is 0 Å². The first-order chi connectivity index (χ1) is 8.63. The molecule has 4 nitrogen and oxygen atoms in total. The fraction of sp³-hybridized carbons (Fsp3) is 0.786. The van der Waals surface area contributed by atoms with Gasteiger partial charge in [-0.1, -0.05) is 20.4 Å². The van der Waals surface area contributed by atoms with E-state index in [2.05, 4.69) is 31.1 Å². The second-order valence-corrected chi connectivity index (χ2v) is 4.49. The van der Waals surface area contributed by atoms with Crippen molar-refractivity contribution in [3.63, 3.8) is 0 Å². The van der Waals surface area contributed by atoms with Crippen molar-refractivity contribution in [1.82, 2.24) is 15.5 Å². The van der Waals surface area contributed by atoms with Crippen molar-refractivity contribution >= 4 is 5.91 Å². The lowest BCUT2D eigenvalue weighted by molar-refractivity contribution is -0.127. The summed E-state index contributed by atoms with van der Waals surface area (Å²) in [7, 11) is 0. The van der Waals surface area contributed by atoms with E-state index < -0.39 is 0 Å². The van der Waals surface area contributed by atoms with E-state index in [1.807, 2.05) is 4.90 Å². The first kappa shape index (κ1) is 17.1. The second kappa shape index (κ2) is 11.2. The Morgan fingerprint density at radius 3 is 1.83 bits per heavy atom. The zero-order valence-corrected chi connectivity index (χ0v) is 12.2. The lowest BCUT2D eigenvalue weighted by Gasteiger charge is -2.23. The molecule has 0 rings (SSSR count). The van der Waals surface area contributed by atoms with Crippen molar-refractivity contribution in [3.05, 3.63) is 12.2 Å². The van der Waals surface area contributed by atoms with Gasteiger partial charge >= 0.3 is 0 Å². The molecule has 106 valence electrons. The Labute approximate surface area is 112 Å². The second-order valence-electron chi connectivity index (χ2n) is 4.49. The van der Waals surface area contributed by atoms with Gasteiger partial charge < -0.3 is 15.5 Å². The van der Waals surface area contributed by atoms with Crippen LogP contribution in [0.3, 0.4) is 0 Å². The average molecular weight is 255 g/mol. The molecule has 1 amide bonds. The first-order valence-corrected chi connectivity index (χ1v) is 6.99. The molecule has 0 saturated carbocycles. The number of carbonyl (C=O) groups is 1. The maximum absolute atomic E-state index is 12.0. The van der Waals surface area contributed by atoms with Crippen molar-refractivity contribution < 1.29 is 4.79 Å². The normalized spacial score (nSPS) is 10.4. The van der Waals surface area contributed by atoms with Crippen molar-refractivity contribution in [2.75, 3.05) is 39.3 Å². The van der Waals surface area contributed by atoms with Crippen LogP contribution in [0.5, 0.6) is 0 Å². The van der Waals surface area contributed by atoms with Crippen LogP contribution in [0, 0.1) is 0 Å². The van der Waals surface area contributed by atoms with Crippen LogP contribution in [0.15, 0.2) is 12.2 Å². The number of hydrogen-bond acceptors (Lipinski definition) is 3. The number of nitrogens with one attached hydrogen (secondary N) is 2. The molecule has 18 heavy (non-hydrogen) atoms. The third-order valence-corrected chi connectivity index (χ3v) is 2.72. The van der Waals surface area contributed by atoms with E-state index in [1.165, 1.54) is 0 Å². The summed E-state index contributed by atoms with van der Waals surface area (Å²) in [5, 5.41) is 6.55. The van der Waals surface area contributed by atoms with Crippen molar-refractivity contribution in [2.24, 2.45) is 0 Å². The Hall–Kier alpha value is -0.870. The molecule has 2 N–H and O–H groups in total. The van der Waals surface area contributed by atoms with Crippen molar-refractivity contribution in [3.8, 4) is 0 Å². The quantitative estimate of drug-likeness (QED) is 0.433. The summed E-state index contributed by atoms with van der Waals surface area (Å²) >= 11 is 0. The van der Waals surface area contributed by atoms with Gasteiger partial charge in [0.2, 0.25) is 5.91 Å². The van der Waals surface area contributed by atoms with Crippen LogP contribution < -0.4 is 10.6 Å². The Morgan fingerprint density at radius 2 is 1.50 bits per heavy atom. The van der Waals surface area contributed by atoms with E-state index in [1.54, 1.807) is 6.92 Å². The molecular weight excluding hydrogens is 226 g/mol. The third-order valence-electron chi connectivity index (χ3n) is 2.72. The number of rotatable bonds is 11. The van der Waals surface area contributed by atoms with Gasteiger partial charge in [0.05, 0.1) is 0 Å². The minimum atomic E-state index is 0.0861. The maximum atomic E-state index is 12.0. The van der Waals surface area contributed by atoms with Gasteiger partial charge in [-0.3, -0.25) is 4.79 Å². The molecule has 0 saturated heterocycles. The van der Waals surface area contributed by atoms with Gasteiger partial charge in [0.15, 0.2) is 0 Å². The minimum absolute atomic E-state index is 0.0861. The van der Waals surface area contributed by atoms with E-state index >= 15 is 0 Å². The highest BCUT2D eigenvalue weighted by molar-refractivity contribution is 5.92. The van der Waals surface area contributed by atoms with Gasteiger partial charge in [0, 0.05) is 18.7 Å². The number of hydrogen-bond donors (Lipinski definition) is 2. The Balaban J connectivity index is 4.00. The molecule has 4 heteroatoms. The SMILES string of the molecule is C=C(C)C(=O)N(CCCNCC)CCCNCC. The molecule has 0 aliphatic heterocycles. The van der Waals surface area contributed by atoms with Crippen LogP contribution in [0.4, 0.5) is 0 Å². The molecule has 0 aromatic rings. The smallest absolute Gasteiger partial charge is 0.248 e. The van der Waals surface area contributed by atoms with E-state index in [4.69, 9.17) is 0 Å². The molecule has 0 aliphatic carbocycles. The highest BCUT2D eigenvalue weighted by atomic mass is 16.2. The molecule has 0 fully saturated rings. The largest absolute Gasteiger partial charge is 0.339 e. The number of carbonyl (C=O) groups excluding carboxylic acids is 1. The molecule has 0 aromatic heterocycles. The van der Waals surface area contributed by atoms with E-state index in [9.17, 15) is 4.79 Å². The van der Waals surface area contributed by atoms with Gasteiger partial charge in [0.1, 0.15) is 0 Å². The monoisotopic (exact) mass is 255 g/mol. The first-order valence-electron chi connectivity index (χ1n) is 6.99. The van der Waals surface area contributed by atoms with Crippen LogP contribution in [0.1, 0.15) is 33.6 Å². The van der Waals surface area contributed by atoms with Crippen molar-refractivity contribution in [2.45, 2.75) is 33.6 Å². The van der Waals surface area contributed by atoms with Crippen LogP contribution in [0.25, 0.3) is 0 Å². The lowest BCUT2D eigenvalue weighted by atomic mass is 10.2. The highest BCUT2D eigenvalue weighted by Gasteiger charge is 2.12. The molecule has 0 heterocycles.